The fourth-order valence-electron chi connectivity index (χ4n) is 8.28. The van der Waals surface area contributed by atoms with Gasteiger partial charge in [-0.05, 0) is 78.4 Å². The summed E-state index contributed by atoms with van der Waals surface area (Å²) in [6.07, 6.45) is 13.8. The summed E-state index contributed by atoms with van der Waals surface area (Å²) in [6.45, 7) is 10.6. The van der Waals surface area contributed by atoms with Crippen LogP contribution in [0.3, 0.4) is 0 Å². The molecule has 5 aliphatic rings. The van der Waals surface area contributed by atoms with E-state index in [1.165, 1.54) is 32.1 Å². The maximum atomic E-state index is 2.69. The maximum absolute atomic E-state index is 2.69. The highest BCUT2D eigenvalue weighted by molar-refractivity contribution is 5.16. The Hall–Kier alpha value is 0. The lowest BCUT2D eigenvalue weighted by atomic mass is 9.67. The van der Waals surface area contributed by atoms with Gasteiger partial charge in [0.05, 0.1) is 0 Å². The summed E-state index contributed by atoms with van der Waals surface area (Å²) in [7, 11) is 0. The van der Waals surface area contributed by atoms with Crippen LogP contribution in [0.1, 0.15) is 85.5 Å². The SMILES string of the molecule is CC1CCC2(C)CC3(C)CC(C)(C1)C1CCCCC2C13. The lowest BCUT2D eigenvalue weighted by Gasteiger charge is -2.38. The summed E-state index contributed by atoms with van der Waals surface area (Å²) in [6, 6.07) is 0. The zero-order valence-corrected chi connectivity index (χ0v) is 14.2. The van der Waals surface area contributed by atoms with Crippen molar-refractivity contribution in [2.24, 2.45) is 39.9 Å². The molecule has 5 saturated carbocycles. The van der Waals surface area contributed by atoms with Gasteiger partial charge in [-0.2, -0.15) is 0 Å². The summed E-state index contributed by atoms with van der Waals surface area (Å²) in [5.74, 6) is 4.15. The molecule has 20 heavy (non-hydrogen) atoms. The van der Waals surface area contributed by atoms with E-state index in [2.05, 4.69) is 27.7 Å². The first-order valence-electron chi connectivity index (χ1n) is 9.36. The topological polar surface area (TPSA) is 0 Å². The smallest absolute Gasteiger partial charge is 0.0281 e. The van der Waals surface area contributed by atoms with Crippen LogP contribution in [0, 0.1) is 39.9 Å². The lowest BCUT2D eigenvalue weighted by Crippen LogP contribution is -2.31. The monoisotopic (exact) mass is 274 g/mol. The zero-order chi connectivity index (χ0) is 14.2. The molecule has 0 N–H and O–H groups in total. The number of hydrogen-bond acceptors (Lipinski definition) is 0. The second-order valence-electron chi connectivity index (χ2n) is 10.2. The molecule has 5 fully saturated rings. The Morgan fingerprint density at radius 2 is 1.35 bits per heavy atom. The third-order valence-corrected chi connectivity index (χ3v) is 8.38. The van der Waals surface area contributed by atoms with E-state index in [1.54, 1.807) is 25.7 Å². The Kier molecular flexibility index (Phi) is 2.76. The average Bonchev–Trinajstić information content (AvgIpc) is 2.61. The molecule has 0 amide bonds. The molecule has 0 radical (unpaired) electrons. The highest BCUT2D eigenvalue weighted by atomic mass is 14.7. The van der Waals surface area contributed by atoms with Crippen LogP contribution in [0.15, 0.2) is 0 Å². The fourth-order valence-corrected chi connectivity index (χ4v) is 8.28. The molecule has 7 unspecified atom stereocenters. The minimum atomic E-state index is 0.674. The minimum Gasteiger partial charge on any atom is -0.0625 e. The van der Waals surface area contributed by atoms with Crippen LogP contribution >= 0.6 is 0 Å². The second kappa shape index (κ2) is 4.05. The largest absolute Gasteiger partial charge is 0.0625 e. The first-order chi connectivity index (χ1) is 9.36. The third-order valence-electron chi connectivity index (χ3n) is 8.38. The Bertz CT molecular complexity index is 410. The molecule has 0 aliphatic heterocycles. The molecule has 0 nitrogen and oxygen atoms in total. The van der Waals surface area contributed by atoms with Crippen molar-refractivity contribution in [1.82, 2.24) is 0 Å². The molecule has 7 atom stereocenters. The van der Waals surface area contributed by atoms with Crippen molar-refractivity contribution in [2.45, 2.75) is 85.5 Å². The summed E-state index contributed by atoms with van der Waals surface area (Å²) < 4.78 is 0. The normalized spacial score (nSPS) is 61.8. The van der Waals surface area contributed by atoms with Crippen molar-refractivity contribution in [3.63, 3.8) is 0 Å². The van der Waals surface area contributed by atoms with Gasteiger partial charge in [0.2, 0.25) is 0 Å². The molecule has 0 heteroatoms. The zero-order valence-electron chi connectivity index (χ0n) is 14.2. The molecule has 0 saturated heterocycles. The highest BCUT2D eigenvalue weighted by Crippen LogP contribution is 2.75. The van der Waals surface area contributed by atoms with Crippen molar-refractivity contribution in [3.8, 4) is 0 Å². The Morgan fingerprint density at radius 1 is 0.750 bits per heavy atom. The van der Waals surface area contributed by atoms with Gasteiger partial charge < -0.3 is 0 Å². The first kappa shape index (κ1) is 13.6. The predicted octanol–water partition coefficient (Wildman–Crippen LogP) is 6.06. The van der Waals surface area contributed by atoms with Crippen molar-refractivity contribution >= 4 is 0 Å². The van der Waals surface area contributed by atoms with Crippen molar-refractivity contribution in [1.29, 1.82) is 0 Å². The quantitative estimate of drug-likeness (QED) is 0.504. The molecule has 5 aliphatic carbocycles. The van der Waals surface area contributed by atoms with E-state index in [-0.39, 0.29) is 0 Å². The fraction of sp³-hybridized carbons (Fsp3) is 1.00. The van der Waals surface area contributed by atoms with Crippen molar-refractivity contribution in [3.05, 3.63) is 0 Å². The van der Waals surface area contributed by atoms with Gasteiger partial charge in [0.15, 0.2) is 0 Å². The summed E-state index contributed by atoms with van der Waals surface area (Å²) >= 11 is 0. The molecular formula is C20H34. The molecule has 0 aromatic rings. The van der Waals surface area contributed by atoms with Gasteiger partial charge in [0.25, 0.3) is 0 Å². The predicted molar refractivity (Wildman–Crippen MR) is 85.5 cm³/mol. The Morgan fingerprint density at radius 3 is 2.05 bits per heavy atom. The summed E-state index contributed by atoms with van der Waals surface area (Å²) in [4.78, 5) is 0. The molecule has 5 rings (SSSR count). The van der Waals surface area contributed by atoms with Crippen molar-refractivity contribution in [2.75, 3.05) is 0 Å². The van der Waals surface area contributed by atoms with Crippen LogP contribution in [-0.4, -0.2) is 0 Å². The number of rotatable bonds is 0. The number of fused-ring (bicyclic) bond motifs is 3. The van der Waals surface area contributed by atoms with E-state index in [9.17, 15) is 0 Å². The summed E-state index contributed by atoms with van der Waals surface area (Å²) in [5, 5.41) is 0. The van der Waals surface area contributed by atoms with Crippen LogP contribution in [0.5, 0.6) is 0 Å². The minimum absolute atomic E-state index is 0.674. The van der Waals surface area contributed by atoms with E-state index in [0.717, 1.165) is 23.7 Å². The Labute approximate surface area is 126 Å². The van der Waals surface area contributed by atoms with Crippen LogP contribution in [0.25, 0.3) is 0 Å². The van der Waals surface area contributed by atoms with E-state index >= 15 is 0 Å². The standard InChI is InChI=1S/C20H34/c1-14-9-10-18(2)12-20(4)13-19(3,11-14)16-8-6-5-7-15(18)17(16)20/h14-17H,5-13H2,1-4H3. The van der Waals surface area contributed by atoms with Gasteiger partial charge in [-0.25, -0.2) is 0 Å². The van der Waals surface area contributed by atoms with E-state index in [4.69, 9.17) is 0 Å². The number of hydrogen-bond donors (Lipinski definition) is 0. The molecule has 0 aromatic carbocycles. The second-order valence-corrected chi connectivity index (χ2v) is 10.2. The van der Waals surface area contributed by atoms with Crippen molar-refractivity contribution < 1.29 is 0 Å². The van der Waals surface area contributed by atoms with Crippen LogP contribution in [-0.2, 0) is 0 Å². The first-order valence-corrected chi connectivity index (χ1v) is 9.36. The average molecular weight is 274 g/mol. The maximum Gasteiger partial charge on any atom is -0.0281 e. The van der Waals surface area contributed by atoms with Gasteiger partial charge in [0.1, 0.15) is 0 Å². The van der Waals surface area contributed by atoms with E-state index < -0.39 is 0 Å². The molecular weight excluding hydrogens is 240 g/mol. The van der Waals surface area contributed by atoms with Crippen LogP contribution < -0.4 is 0 Å². The molecule has 6 bridgehead atoms. The molecule has 0 aromatic heterocycles. The molecule has 114 valence electrons. The van der Waals surface area contributed by atoms with Crippen LogP contribution in [0.4, 0.5) is 0 Å². The Balaban J connectivity index is 1.86. The molecule has 0 heterocycles. The van der Waals surface area contributed by atoms with Gasteiger partial charge in [-0.3, -0.25) is 0 Å². The molecule has 0 spiro atoms. The van der Waals surface area contributed by atoms with Gasteiger partial charge in [-0.1, -0.05) is 47.0 Å². The van der Waals surface area contributed by atoms with E-state index in [0.29, 0.717) is 16.2 Å². The summed E-state index contributed by atoms with van der Waals surface area (Å²) in [5.41, 5.74) is 2.04. The third kappa shape index (κ3) is 1.66. The van der Waals surface area contributed by atoms with Gasteiger partial charge in [-0.15, -0.1) is 0 Å². The lowest BCUT2D eigenvalue weighted by molar-refractivity contribution is 0.107. The van der Waals surface area contributed by atoms with E-state index in [1.807, 2.05) is 0 Å². The highest BCUT2D eigenvalue weighted by Gasteiger charge is 2.67. The van der Waals surface area contributed by atoms with Crippen LogP contribution in [0.2, 0.25) is 0 Å². The van der Waals surface area contributed by atoms with Gasteiger partial charge in [0, 0.05) is 0 Å². The van der Waals surface area contributed by atoms with Gasteiger partial charge >= 0.3 is 0 Å².